The monoisotopic (exact) mass is 381 g/mol. The minimum absolute atomic E-state index is 0. The number of rotatable bonds is 6. The van der Waals surface area contributed by atoms with E-state index in [9.17, 15) is 9.59 Å². The van der Waals surface area contributed by atoms with E-state index in [0.717, 1.165) is 25.9 Å². The first kappa shape index (κ1) is 22.5. The van der Waals surface area contributed by atoms with Crippen molar-refractivity contribution in [3.63, 3.8) is 0 Å². The average Bonchev–Trinajstić information content (AvgIpc) is 2.93. The van der Waals surface area contributed by atoms with Crippen LogP contribution in [0.3, 0.4) is 0 Å². The fourth-order valence-corrected chi connectivity index (χ4v) is 3.37. The highest BCUT2D eigenvalue weighted by Gasteiger charge is 2.33. The molecule has 2 rings (SSSR count). The van der Waals surface area contributed by atoms with Crippen LogP contribution in [0.2, 0.25) is 0 Å². The molecule has 0 unspecified atom stereocenters. The predicted octanol–water partition coefficient (Wildman–Crippen LogP) is 3.83. The molecule has 0 aliphatic carbocycles. The van der Waals surface area contributed by atoms with Gasteiger partial charge >= 0.3 is 0 Å². The van der Waals surface area contributed by atoms with E-state index >= 15 is 0 Å². The number of hydrogen-bond acceptors (Lipinski definition) is 3. The highest BCUT2D eigenvalue weighted by atomic mass is 35.5. The summed E-state index contributed by atoms with van der Waals surface area (Å²) in [5.41, 5.74) is 6.69. The Morgan fingerprint density at radius 2 is 1.58 bits per heavy atom. The Hall–Kier alpha value is -1.59. The smallest absolute Gasteiger partial charge is 0.253 e. The lowest BCUT2D eigenvalue weighted by Crippen LogP contribution is -2.41. The lowest BCUT2D eigenvalue weighted by molar-refractivity contribution is -0.125. The molecule has 0 aromatic heterocycles. The van der Waals surface area contributed by atoms with Crippen molar-refractivity contribution in [1.29, 1.82) is 0 Å². The second-order valence-electron chi connectivity index (χ2n) is 6.93. The van der Waals surface area contributed by atoms with Crippen LogP contribution in [0.4, 0.5) is 5.69 Å². The second kappa shape index (κ2) is 10.5. The van der Waals surface area contributed by atoms with Crippen LogP contribution in [0.1, 0.15) is 62.7 Å². The fourth-order valence-electron chi connectivity index (χ4n) is 3.37. The van der Waals surface area contributed by atoms with E-state index in [-0.39, 0.29) is 24.2 Å². The Balaban J connectivity index is 0.00000338. The summed E-state index contributed by atoms with van der Waals surface area (Å²) >= 11 is 0. The maximum atomic E-state index is 12.6. The molecule has 1 aromatic rings. The first-order valence-corrected chi connectivity index (χ1v) is 9.47. The predicted molar refractivity (Wildman–Crippen MR) is 109 cm³/mol. The zero-order valence-electron chi connectivity index (χ0n) is 15.9. The minimum Gasteiger partial charge on any atom is -0.339 e. The SMILES string of the molecule is CCC(CC)(CN)C(=O)Nc1ccc(C(=O)N2CCCCCC2)cc1.Cl. The van der Waals surface area contributed by atoms with Crippen LogP contribution >= 0.6 is 12.4 Å². The molecule has 1 aliphatic rings. The van der Waals surface area contributed by atoms with Crippen LogP contribution in [-0.2, 0) is 4.79 Å². The molecule has 3 N–H and O–H groups in total. The number of likely N-dealkylation sites (tertiary alicyclic amines) is 1. The lowest BCUT2D eigenvalue weighted by atomic mass is 9.81. The summed E-state index contributed by atoms with van der Waals surface area (Å²) < 4.78 is 0. The number of anilines is 1. The van der Waals surface area contributed by atoms with Crippen molar-refractivity contribution < 1.29 is 9.59 Å². The van der Waals surface area contributed by atoms with Gasteiger partial charge in [-0.3, -0.25) is 9.59 Å². The van der Waals surface area contributed by atoms with Gasteiger partial charge in [-0.2, -0.15) is 0 Å². The molecular weight excluding hydrogens is 350 g/mol. The molecule has 1 heterocycles. The van der Waals surface area contributed by atoms with Gasteiger partial charge in [-0.1, -0.05) is 26.7 Å². The number of carbonyl (C=O) groups is 2. The Kier molecular flexibility index (Phi) is 9.09. The van der Waals surface area contributed by atoms with Gasteiger partial charge in [-0.05, 0) is 49.9 Å². The van der Waals surface area contributed by atoms with Crippen molar-refractivity contribution >= 4 is 29.9 Å². The number of halogens is 1. The molecular formula is C20H32ClN3O2. The zero-order chi connectivity index (χ0) is 18.3. The van der Waals surface area contributed by atoms with Crippen molar-refractivity contribution in [2.24, 2.45) is 11.1 Å². The van der Waals surface area contributed by atoms with E-state index in [1.54, 1.807) is 24.3 Å². The normalized spacial score (nSPS) is 15.0. The van der Waals surface area contributed by atoms with Gasteiger partial charge in [-0.25, -0.2) is 0 Å². The molecule has 0 atom stereocenters. The van der Waals surface area contributed by atoms with Crippen molar-refractivity contribution in [1.82, 2.24) is 4.90 Å². The van der Waals surface area contributed by atoms with Crippen molar-refractivity contribution in [3.8, 4) is 0 Å². The standard InChI is InChI=1S/C20H31N3O2.ClH/c1-3-20(4-2,15-21)19(25)22-17-11-9-16(10-12-17)18(24)23-13-7-5-6-8-14-23;/h9-12H,3-8,13-15,21H2,1-2H3,(H,22,25);1H. The molecule has 1 aromatic carbocycles. The van der Waals surface area contributed by atoms with Gasteiger partial charge in [0.2, 0.25) is 5.91 Å². The molecule has 0 spiro atoms. The number of benzene rings is 1. The van der Waals surface area contributed by atoms with Crippen LogP contribution in [0.25, 0.3) is 0 Å². The summed E-state index contributed by atoms with van der Waals surface area (Å²) in [7, 11) is 0. The Morgan fingerprint density at radius 3 is 2.04 bits per heavy atom. The highest BCUT2D eigenvalue weighted by molar-refractivity contribution is 5.97. The largest absolute Gasteiger partial charge is 0.339 e. The maximum absolute atomic E-state index is 12.6. The van der Waals surface area contributed by atoms with Gasteiger partial charge in [0.1, 0.15) is 0 Å². The number of nitrogens with zero attached hydrogens (tertiary/aromatic N) is 1. The molecule has 5 nitrogen and oxygen atoms in total. The molecule has 26 heavy (non-hydrogen) atoms. The van der Waals surface area contributed by atoms with Gasteiger partial charge in [0.05, 0.1) is 5.41 Å². The highest BCUT2D eigenvalue weighted by Crippen LogP contribution is 2.27. The third kappa shape index (κ3) is 5.21. The third-order valence-electron chi connectivity index (χ3n) is 5.51. The summed E-state index contributed by atoms with van der Waals surface area (Å²) in [6.07, 6.45) is 5.97. The number of hydrogen-bond donors (Lipinski definition) is 2. The van der Waals surface area contributed by atoms with Crippen LogP contribution in [-0.4, -0.2) is 36.3 Å². The first-order chi connectivity index (χ1) is 12.1. The Bertz CT molecular complexity index is 569. The molecule has 0 radical (unpaired) electrons. The summed E-state index contributed by atoms with van der Waals surface area (Å²) in [5.74, 6) is 0.0322. The maximum Gasteiger partial charge on any atom is 0.253 e. The number of nitrogens with one attached hydrogen (secondary N) is 1. The van der Waals surface area contributed by atoms with E-state index in [1.807, 2.05) is 18.7 Å². The van der Waals surface area contributed by atoms with Crippen LogP contribution in [0.5, 0.6) is 0 Å². The summed E-state index contributed by atoms with van der Waals surface area (Å²) in [4.78, 5) is 27.1. The fraction of sp³-hybridized carbons (Fsp3) is 0.600. The number of amides is 2. The van der Waals surface area contributed by atoms with Crippen molar-refractivity contribution in [3.05, 3.63) is 29.8 Å². The van der Waals surface area contributed by atoms with E-state index in [1.165, 1.54) is 12.8 Å². The van der Waals surface area contributed by atoms with Crippen molar-refractivity contribution in [2.45, 2.75) is 52.4 Å². The van der Waals surface area contributed by atoms with E-state index in [0.29, 0.717) is 30.6 Å². The molecule has 6 heteroatoms. The molecule has 2 amide bonds. The van der Waals surface area contributed by atoms with Crippen LogP contribution in [0.15, 0.2) is 24.3 Å². The summed E-state index contributed by atoms with van der Waals surface area (Å²) in [6.45, 7) is 5.97. The average molecular weight is 382 g/mol. The molecule has 0 bridgehead atoms. The van der Waals surface area contributed by atoms with Crippen molar-refractivity contribution in [2.75, 3.05) is 25.0 Å². The topological polar surface area (TPSA) is 75.4 Å². The third-order valence-corrected chi connectivity index (χ3v) is 5.51. The van der Waals surface area contributed by atoms with Crippen LogP contribution < -0.4 is 11.1 Å². The van der Waals surface area contributed by atoms with Gasteiger partial charge in [-0.15, -0.1) is 12.4 Å². The molecule has 1 saturated heterocycles. The molecule has 0 saturated carbocycles. The van der Waals surface area contributed by atoms with Gasteiger partial charge in [0.25, 0.3) is 5.91 Å². The van der Waals surface area contributed by atoms with E-state index in [4.69, 9.17) is 5.73 Å². The minimum atomic E-state index is -0.527. The van der Waals surface area contributed by atoms with Crippen LogP contribution in [0, 0.1) is 5.41 Å². The van der Waals surface area contributed by atoms with E-state index < -0.39 is 5.41 Å². The zero-order valence-corrected chi connectivity index (χ0v) is 16.7. The second-order valence-corrected chi connectivity index (χ2v) is 6.93. The molecule has 1 fully saturated rings. The lowest BCUT2D eigenvalue weighted by Gasteiger charge is -2.28. The van der Waals surface area contributed by atoms with Gasteiger partial charge < -0.3 is 16.0 Å². The molecule has 146 valence electrons. The Morgan fingerprint density at radius 1 is 1.04 bits per heavy atom. The van der Waals surface area contributed by atoms with Gasteiger partial charge in [0.15, 0.2) is 0 Å². The summed E-state index contributed by atoms with van der Waals surface area (Å²) in [5, 5.41) is 2.95. The molecule has 1 aliphatic heterocycles. The number of nitrogens with two attached hydrogens (primary N) is 1. The first-order valence-electron chi connectivity index (χ1n) is 9.47. The van der Waals surface area contributed by atoms with Gasteiger partial charge in [0, 0.05) is 30.9 Å². The summed E-state index contributed by atoms with van der Waals surface area (Å²) in [6, 6.07) is 7.20. The Labute approximate surface area is 163 Å². The quantitative estimate of drug-likeness (QED) is 0.786. The number of carbonyl (C=O) groups excluding carboxylic acids is 2. The van der Waals surface area contributed by atoms with E-state index in [2.05, 4.69) is 5.32 Å².